The highest BCUT2D eigenvalue weighted by atomic mass is 19.1. The third-order valence-electron chi connectivity index (χ3n) is 2.17. The summed E-state index contributed by atoms with van der Waals surface area (Å²) in [4.78, 5) is 14.6. The summed E-state index contributed by atoms with van der Waals surface area (Å²) in [6.45, 7) is 1.29. The van der Waals surface area contributed by atoms with Crippen LogP contribution in [0.3, 0.4) is 0 Å². The van der Waals surface area contributed by atoms with E-state index in [1.54, 1.807) is 24.3 Å². The second-order valence-electron chi connectivity index (χ2n) is 3.46. The second-order valence-corrected chi connectivity index (χ2v) is 3.46. The molecule has 0 atom stereocenters. The number of ketones is 1. The molecule has 2 rings (SSSR count). The molecular formula is C13H10FNO2. The Labute approximate surface area is 97.9 Å². The predicted molar refractivity (Wildman–Crippen MR) is 60.7 cm³/mol. The third-order valence-corrected chi connectivity index (χ3v) is 2.17. The molecule has 1 aromatic carbocycles. The van der Waals surface area contributed by atoms with Gasteiger partial charge in [0.25, 0.3) is 0 Å². The molecule has 0 spiro atoms. The zero-order valence-corrected chi connectivity index (χ0v) is 9.18. The number of hydrogen-bond acceptors (Lipinski definition) is 3. The van der Waals surface area contributed by atoms with Gasteiger partial charge in [-0.25, -0.2) is 0 Å². The number of carbonyl (C=O) groups is 1. The molecule has 2 aromatic rings. The second kappa shape index (κ2) is 4.74. The summed E-state index contributed by atoms with van der Waals surface area (Å²) in [5, 5.41) is 0. The monoisotopic (exact) mass is 231 g/mol. The summed E-state index contributed by atoms with van der Waals surface area (Å²) in [5.74, 6) is -0.485. The molecule has 0 fully saturated rings. The smallest absolute Gasteiger partial charge is 0.227 e. The molecule has 1 heterocycles. The Morgan fingerprint density at radius 2 is 1.88 bits per heavy atom. The minimum Gasteiger partial charge on any atom is -0.439 e. The Morgan fingerprint density at radius 1 is 1.18 bits per heavy atom. The van der Waals surface area contributed by atoms with Crippen LogP contribution >= 0.6 is 0 Å². The summed E-state index contributed by atoms with van der Waals surface area (Å²) >= 11 is 0. The maximum Gasteiger partial charge on any atom is 0.227 e. The number of Topliss-reactive ketones (excluding diaryl/α,β-unsaturated/α-hetero) is 1. The van der Waals surface area contributed by atoms with Crippen LogP contribution in [0, 0.1) is 5.95 Å². The minimum absolute atomic E-state index is 0.0367. The predicted octanol–water partition coefficient (Wildman–Crippen LogP) is 3.22. The summed E-state index contributed by atoms with van der Waals surface area (Å²) < 4.78 is 18.7. The van der Waals surface area contributed by atoms with Gasteiger partial charge in [0.1, 0.15) is 5.75 Å². The molecule has 0 amide bonds. The third kappa shape index (κ3) is 2.66. The highest BCUT2D eigenvalue weighted by molar-refractivity contribution is 5.94. The normalized spacial score (nSPS) is 10.0. The number of para-hydroxylation sites is 1. The highest BCUT2D eigenvalue weighted by Crippen LogP contribution is 2.20. The largest absolute Gasteiger partial charge is 0.439 e. The van der Waals surface area contributed by atoms with Crippen LogP contribution in [0.4, 0.5) is 4.39 Å². The quantitative estimate of drug-likeness (QED) is 0.601. The van der Waals surface area contributed by atoms with E-state index in [4.69, 9.17) is 4.74 Å². The van der Waals surface area contributed by atoms with Crippen LogP contribution in [0.2, 0.25) is 0 Å². The first-order valence-corrected chi connectivity index (χ1v) is 5.07. The Hall–Kier alpha value is -2.23. The average molecular weight is 231 g/mol. The molecule has 17 heavy (non-hydrogen) atoms. The first kappa shape index (κ1) is 11.3. The lowest BCUT2D eigenvalue weighted by Crippen LogP contribution is -2.00. The molecule has 0 unspecified atom stereocenters. The molecule has 0 aliphatic heterocycles. The first-order chi connectivity index (χ1) is 8.16. The van der Waals surface area contributed by atoms with Crippen LogP contribution in [-0.4, -0.2) is 10.8 Å². The van der Waals surface area contributed by atoms with Gasteiger partial charge in [-0.2, -0.15) is 9.37 Å². The van der Waals surface area contributed by atoms with Gasteiger partial charge in [0.15, 0.2) is 5.78 Å². The van der Waals surface area contributed by atoms with E-state index in [0.717, 1.165) is 0 Å². The van der Waals surface area contributed by atoms with Crippen LogP contribution in [0.15, 0.2) is 42.5 Å². The van der Waals surface area contributed by atoms with E-state index in [1.807, 2.05) is 6.07 Å². The zero-order chi connectivity index (χ0) is 12.3. The lowest BCUT2D eigenvalue weighted by molar-refractivity contribution is 0.101. The van der Waals surface area contributed by atoms with Crippen LogP contribution in [0.5, 0.6) is 11.6 Å². The van der Waals surface area contributed by atoms with Crippen LogP contribution in [-0.2, 0) is 0 Å². The molecule has 1 aromatic heterocycles. The van der Waals surface area contributed by atoms with E-state index in [9.17, 15) is 9.18 Å². The van der Waals surface area contributed by atoms with Crippen molar-refractivity contribution >= 4 is 5.78 Å². The van der Waals surface area contributed by atoms with Crippen molar-refractivity contribution in [2.24, 2.45) is 0 Å². The summed E-state index contributed by atoms with van der Waals surface area (Å²) in [5.41, 5.74) is -0.0367. The molecule has 0 saturated heterocycles. The van der Waals surface area contributed by atoms with E-state index in [0.29, 0.717) is 5.75 Å². The van der Waals surface area contributed by atoms with Crippen molar-refractivity contribution in [3.05, 3.63) is 54.0 Å². The lowest BCUT2D eigenvalue weighted by atomic mass is 10.2. The van der Waals surface area contributed by atoms with Gasteiger partial charge in [0.05, 0.1) is 5.56 Å². The number of halogens is 1. The lowest BCUT2D eigenvalue weighted by Gasteiger charge is -2.05. The number of ether oxygens (including phenoxy) is 1. The fourth-order valence-corrected chi connectivity index (χ4v) is 1.35. The van der Waals surface area contributed by atoms with Crippen LogP contribution < -0.4 is 4.74 Å². The number of nitrogens with zero attached hydrogens (tertiary/aromatic N) is 1. The van der Waals surface area contributed by atoms with Crippen molar-refractivity contribution in [3.8, 4) is 11.6 Å². The van der Waals surface area contributed by atoms with Crippen molar-refractivity contribution in [2.75, 3.05) is 0 Å². The van der Waals surface area contributed by atoms with Gasteiger partial charge in [-0.1, -0.05) is 18.2 Å². The van der Waals surface area contributed by atoms with Gasteiger partial charge in [-0.05, 0) is 25.1 Å². The number of aromatic nitrogens is 1. The Kier molecular flexibility index (Phi) is 3.14. The maximum atomic E-state index is 13.4. The maximum absolute atomic E-state index is 13.4. The molecular weight excluding hydrogens is 221 g/mol. The Bertz CT molecular complexity index is 540. The average Bonchev–Trinajstić information content (AvgIpc) is 2.30. The highest BCUT2D eigenvalue weighted by Gasteiger charge is 2.10. The van der Waals surface area contributed by atoms with E-state index in [2.05, 4.69) is 4.98 Å². The molecule has 0 aliphatic rings. The SMILES string of the molecule is CC(=O)c1ccc(Oc2ccccc2)nc1F. The standard InChI is InChI=1S/C13H10FNO2/c1-9(16)11-7-8-12(15-13(11)14)17-10-5-3-2-4-6-10/h2-8H,1H3. The molecule has 3 nitrogen and oxygen atoms in total. The number of pyridine rings is 1. The van der Waals surface area contributed by atoms with Crippen molar-refractivity contribution in [3.63, 3.8) is 0 Å². The number of hydrogen-bond donors (Lipinski definition) is 0. The van der Waals surface area contributed by atoms with Crippen molar-refractivity contribution < 1.29 is 13.9 Å². The fourth-order valence-electron chi connectivity index (χ4n) is 1.35. The molecule has 0 N–H and O–H groups in total. The van der Waals surface area contributed by atoms with E-state index < -0.39 is 5.95 Å². The molecule has 4 heteroatoms. The topological polar surface area (TPSA) is 39.2 Å². The Morgan fingerprint density at radius 3 is 2.47 bits per heavy atom. The molecule has 86 valence electrons. The van der Waals surface area contributed by atoms with Crippen molar-refractivity contribution in [2.45, 2.75) is 6.92 Å². The van der Waals surface area contributed by atoms with Gasteiger partial charge in [-0.15, -0.1) is 0 Å². The number of carbonyl (C=O) groups excluding carboxylic acids is 1. The molecule has 0 aliphatic carbocycles. The van der Waals surface area contributed by atoms with Gasteiger partial charge in [0.2, 0.25) is 11.8 Å². The Balaban J connectivity index is 2.24. The number of benzene rings is 1. The van der Waals surface area contributed by atoms with Crippen LogP contribution in [0.25, 0.3) is 0 Å². The molecule has 0 radical (unpaired) electrons. The molecule has 0 bridgehead atoms. The summed E-state index contributed by atoms with van der Waals surface area (Å²) in [6.07, 6.45) is 0. The zero-order valence-electron chi connectivity index (χ0n) is 9.18. The van der Waals surface area contributed by atoms with Gasteiger partial charge >= 0.3 is 0 Å². The van der Waals surface area contributed by atoms with Crippen molar-refractivity contribution in [1.82, 2.24) is 4.98 Å². The molecule has 0 saturated carbocycles. The van der Waals surface area contributed by atoms with Gasteiger partial charge in [0, 0.05) is 6.07 Å². The fraction of sp³-hybridized carbons (Fsp3) is 0.0769. The van der Waals surface area contributed by atoms with E-state index in [-0.39, 0.29) is 17.2 Å². The minimum atomic E-state index is -0.814. The van der Waals surface area contributed by atoms with Crippen LogP contribution in [0.1, 0.15) is 17.3 Å². The van der Waals surface area contributed by atoms with Gasteiger partial charge < -0.3 is 4.74 Å². The summed E-state index contributed by atoms with van der Waals surface area (Å²) in [7, 11) is 0. The summed E-state index contributed by atoms with van der Waals surface area (Å²) in [6, 6.07) is 11.7. The van der Waals surface area contributed by atoms with Gasteiger partial charge in [-0.3, -0.25) is 4.79 Å². The first-order valence-electron chi connectivity index (χ1n) is 5.07. The van der Waals surface area contributed by atoms with E-state index >= 15 is 0 Å². The van der Waals surface area contributed by atoms with E-state index in [1.165, 1.54) is 19.1 Å². The van der Waals surface area contributed by atoms with Crippen molar-refractivity contribution in [1.29, 1.82) is 0 Å². The number of rotatable bonds is 3.